The first kappa shape index (κ1) is 23.7. The summed E-state index contributed by atoms with van der Waals surface area (Å²) in [7, 11) is -2.43. The van der Waals surface area contributed by atoms with Crippen molar-refractivity contribution in [1.29, 1.82) is 0 Å². The Morgan fingerprint density at radius 3 is 2.44 bits per heavy atom. The van der Waals surface area contributed by atoms with Gasteiger partial charge in [-0.2, -0.15) is 4.31 Å². The monoisotopic (exact) mass is 461 g/mol. The van der Waals surface area contributed by atoms with Gasteiger partial charge in [0, 0.05) is 25.7 Å². The maximum absolute atomic E-state index is 13.1. The maximum Gasteiger partial charge on any atom is 0.246 e. The van der Waals surface area contributed by atoms with Crippen molar-refractivity contribution < 1.29 is 27.5 Å². The van der Waals surface area contributed by atoms with E-state index in [4.69, 9.17) is 9.47 Å². The van der Waals surface area contributed by atoms with Crippen molar-refractivity contribution in [3.8, 4) is 5.75 Å². The average Bonchev–Trinajstić information content (AvgIpc) is 2.79. The van der Waals surface area contributed by atoms with E-state index in [2.05, 4.69) is 10.6 Å². The van der Waals surface area contributed by atoms with Gasteiger partial charge in [-0.05, 0) is 23.8 Å². The topological polar surface area (TPSA) is 114 Å². The van der Waals surface area contributed by atoms with E-state index in [0.717, 1.165) is 5.56 Å². The molecule has 1 fully saturated rings. The Morgan fingerprint density at radius 1 is 1.12 bits per heavy atom. The first-order valence-corrected chi connectivity index (χ1v) is 11.6. The van der Waals surface area contributed by atoms with Gasteiger partial charge in [-0.25, -0.2) is 8.42 Å². The summed E-state index contributed by atoms with van der Waals surface area (Å²) in [6.45, 7) is 2.53. The third-order valence-electron chi connectivity index (χ3n) is 5.00. The molecular formula is C22H27N3O6S. The highest BCUT2D eigenvalue weighted by atomic mass is 32.2. The number of nitrogens with zero attached hydrogens (tertiary/aromatic N) is 1. The van der Waals surface area contributed by atoms with Crippen LogP contribution in [0.25, 0.3) is 0 Å². The lowest BCUT2D eigenvalue weighted by atomic mass is 10.0. The van der Waals surface area contributed by atoms with Crippen LogP contribution in [0.2, 0.25) is 0 Å². The Bertz CT molecular complexity index is 1050. The molecule has 1 aliphatic heterocycles. The Labute approximate surface area is 187 Å². The van der Waals surface area contributed by atoms with E-state index >= 15 is 0 Å². The molecule has 32 heavy (non-hydrogen) atoms. The van der Waals surface area contributed by atoms with Crippen LogP contribution < -0.4 is 15.4 Å². The lowest BCUT2D eigenvalue weighted by molar-refractivity contribution is -0.120. The van der Waals surface area contributed by atoms with Crippen molar-refractivity contribution in [3.63, 3.8) is 0 Å². The Hall–Kier alpha value is -2.95. The molecule has 9 nitrogen and oxygen atoms in total. The van der Waals surface area contributed by atoms with E-state index in [0.29, 0.717) is 18.9 Å². The number of carbonyl (C=O) groups excluding carboxylic acids is 2. The summed E-state index contributed by atoms with van der Waals surface area (Å²) in [5, 5.41) is 5.50. The lowest BCUT2D eigenvalue weighted by Crippen LogP contribution is -2.40. The Morgan fingerprint density at radius 2 is 1.81 bits per heavy atom. The summed E-state index contributed by atoms with van der Waals surface area (Å²) in [6, 6.07) is 13.1. The molecule has 172 valence electrons. The normalized spacial score (nSPS) is 15.6. The maximum atomic E-state index is 13.1. The van der Waals surface area contributed by atoms with Gasteiger partial charge in [0.2, 0.25) is 21.8 Å². The summed E-state index contributed by atoms with van der Waals surface area (Å²) in [5.74, 6) is -0.433. The van der Waals surface area contributed by atoms with Crippen molar-refractivity contribution in [2.75, 3.05) is 38.7 Å². The third-order valence-corrected chi connectivity index (χ3v) is 6.92. The number of anilines is 1. The van der Waals surface area contributed by atoms with E-state index in [9.17, 15) is 18.0 Å². The van der Waals surface area contributed by atoms with Crippen molar-refractivity contribution >= 4 is 27.5 Å². The minimum atomic E-state index is -3.82. The van der Waals surface area contributed by atoms with Gasteiger partial charge in [0.25, 0.3) is 0 Å². The predicted molar refractivity (Wildman–Crippen MR) is 119 cm³/mol. The second-order valence-corrected chi connectivity index (χ2v) is 9.20. The highest BCUT2D eigenvalue weighted by Crippen LogP contribution is 2.30. The van der Waals surface area contributed by atoms with Crippen LogP contribution in [0.15, 0.2) is 53.4 Å². The zero-order chi connectivity index (χ0) is 23.1. The highest BCUT2D eigenvalue weighted by molar-refractivity contribution is 7.89. The minimum Gasteiger partial charge on any atom is -0.495 e. The molecule has 0 aromatic heterocycles. The summed E-state index contributed by atoms with van der Waals surface area (Å²) in [5.41, 5.74) is 1.11. The highest BCUT2D eigenvalue weighted by Gasteiger charge is 2.29. The molecule has 1 aliphatic rings. The molecule has 2 aromatic carbocycles. The molecule has 2 aromatic rings. The summed E-state index contributed by atoms with van der Waals surface area (Å²) in [6.07, 6.45) is -0.0127. The molecule has 0 bridgehead atoms. The van der Waals surface area contributed by atoms with Gasteiger partial charge in [0.15, 0.2) is 0 Å². The first-order valence-electron chi connectivity index (χ1n) is 10.2. The molecule has 0 aliphatic carbocycles. The largest absolute Gasteiger partial charge is 0.495 e. The zero-order valence-electron chi connectivity index (χ0n) is 18.0. The van der Waals surface area contributed by atoms with E-state index in [-0.39, 0.29) is 42.0 Å². The van der Waals surface area contributed by atoms with Gasteiger partial charge in [-0.1, -0.05) is 30.3 Å². The predicted octanol–water partition coefficient (Wildman–Crippen LogP) is 1.92. The molecular weight excluding hydrogens is 434 g/mol. The molecule has 2 N–H and O–H groups in total. The fourth-order valence-corrected chi connectivity index (χ4v) is 5.05. The van der Waals surface area contributed by atoms with Gasteiger partial charge in [-0.15, -0.1) is 0 Å². The summed E-state index contributed by atoms with van der Waals surface area (Å²) >= 11 is 0. The fourth-order valence-electron chi connectivity index (χ4n) is 3.46. The second-order valence-electron chi connectivity index (χ2n) is 7.30. The van der Waals surface area contributed by atoms with Gasteiger partial charge >= 0.3 is 0 Å². The first-order chi connectivity index (χ1) is 15.3. The van der Waals surface area contributed by atoms with E-state index in [1.807, 2.05) is 30.3 Å². The number of benzene rings is 2. The van der Waals surface area contributed by atoms with Crippen LogP contribution in [0, 0.1) is 0 Å². The van der Waals surface area contributed by atoms with Gasteiger partial charge in [-0.3, -0.25) is 9.59 Å². The van der Waals surface area contributed by atoms with Crippen LogP contribution in [0.3, 0.4) is 0 Å². The molecule has 0 spiro atoms. The van der Waals surface area contributed by atoms with Crippen LogP contribution in [-0.2, 0) is 24.3 Å². The number of hydrogen-bond donors (Lipinski definition) is 2. The van der Waals surface area contributed by atoms with Gasteiger partial charge in [0.05, 0.1) is 32.8 Å². The van der Waals surface area contributed by atoms with E-state index in [1.165, 1.54) is 30.5 Å². The standard InChI is InChI=1S/C22H27N3O6S/c1-16(26)23-19(17-6-4-3-5-7-17)15-22(27)24-18-8-9-20(30-2)21(14-18)32(28,29)25-10-12-31-13-11-25/h3-9,14,19H,10-13,15H2,1-2H3,(H,23,26)(H,24,27). The molecule has 3 rings (SSSR count). The molecule has 2 amide bonds. The summed E-state index contributed by atoms with van der Waals surface area (Å²) in [4.78, 5) is 24.3. The number of sulfonamides is 1. The number of methoxy groups -OCH3 is 1. The molecule has 0 radical (unpaired) electrons. The zero-order valence-corrected chi connectivity index (χ0v) is 18.9. The fraction of sp³-hybridized carbons (Fsp3) is 0.364. The lowest BCUT2D eigenvalue weighted by Gasteiger charge is -2.27. The van der Waals surface area contributed by atoms with Crippen LogP contribution in [0.5, 0.6) is 5.75 Å². The van der Waals surface area contributed by atoms with Gasteiger partial charge in [0.1, 0.15) is 10.6 Å². The summed E-state index contributed by atoms with van der Waals surface area (Å²) < 4.78 is 38.1. The third kappa shape index (κ3) is 5.84. The van der Waals surface area contributed by atoms with E-state index < -0.39 is 16.1 Å². The number of rotatable bonds is 8. The number of ether oxygens (including phenoxy) is 2. The molecule has 1 unspecified atom stereocenters. The van der Waals surface area contributed by atoms with Crippen molar-refractivity contribution in [2.45, 2.75) is 24.3 Å². The molecule has 1 saturated heterocycles. The Balaban J connectivity index is 1.80. The van der Waals surface area contributed by atoms with Crippen LogP contribution in [0.1, 0.15) is 24.9 Å². The number of hydrogen-bond acceptors (Lipinski definition) is 6. The Kier molecular flexibility index (Phi) is 7.84. The van der Waals surface area contributed by atoms with Crippen LogP contribution in [0.4, 0.5) is 5.69 Å². The number of carbonyl (C=O) groups is 2. The number of nitrogens with one attached hydrogen (secondary N) is 2. The number of morpholine rings is 1. The molecule has 1 atom stereocenters. The van der Waals surface area contributed by atoms with Crippen LogP contribution >= 0.6 is 0 Å². The van der Waals surface area contributed by atoms with Crippen molar-refractivity contribution in [3.05, 3.63) is 54.1 Å². The SMILES string of the molecule is COc1ccc(NC(=O)CC(NC(C)=O)c2ccccc2)cc1S(=O)(=O)N1CCOCC1. The molecule has 10 heteroatoms. The number of amides is 2. The minimum absolute atomic E-state index is 0.0127. The molecule has 1 heterocycles. The quantitative estimate of drug-likeness (QED) is 0.621. The van der Waals surface area contributed by atoms with E-state index in [1.54, 1.807) is 6.07 Å². The van der Waals surface area contributed by atoms with Crippen molar-refractivity contribution in [2.24, 2.45) is 0 Å². The average molecular weight is 462 g/mol. The molecule has 0 saturated carbocycles. The van der Waals surface area contributed by atoms with Gasteiger partial charge < -0.3 is 20.1 Å². The van der Waals surface area contributed by atoms with Crippen molar-refractivity contribution in [1.82, 2.24) is 9.62 Å². The second kappa shape index (κ2) is 10.6. The van der Waals surface area contributed by atoms with Crippen LogP contribution in [-0.4, -0.2) is 58.0 Å². The smallest absolute Gasteiger partial charge is 0.246 e.